The molecule has 0 saturated heterocycles. The largest absolute Gasteiger partial charge is 0.465 e. The van der Waals surface area contributed by atoms with Crippen LogP contribution in [0.25, 0.3) is 0 Å². The van der Waals surface area contributed by atoms with E-state index in [-0.39, 0.29) is 0 Å². The molecule has 0 atom stereocenters. The second kappa shape index (κ2) is 9.09. The number of benzene rings is 2. The minimum atomic E-state index is -2.49. The molecule has 0 bridgehead atoms. The van der Waals surface area contributed by atoms with Crippen molar-refractivity contribution in [1.29, 1.82) is 0 Å². The lowest BCUT2D eigenvalue weighted by Crippen LogP contribution is -1.93. The Labute approximate surface area is 136 Å². The second-order valence-corrected chi connectivity index (χ2v) is 5.49. The number of rotatable bonds is 8. The minimum Gasteiger partial charge on any atom is -0.465 e. The molecular formula is C20H22F2O. The summed E-state index contributed by atoms with van der Waals surface area (Å²) in [6, 6.07) is 16.3. The quantitative estimate of drug-likeness (QED) is 0.577. The molecule has 0 N–H and O–H groups in total. The van der Waals surface area contributed by atoms with E-state index in [4.69, 9.17) is 4.74 Å². The van der Waals surface area contributed by atoms with Crippen LogP contribution in [0.3, 0.4) is 0 Å². The molecule has 23 heavy (non-hydrogen) atoms. The highest BCUT2D eigenvalue weighted by Gasteiger charge is 1.99. The molecular weight excluding hydrogens is 294 g/mol. The van der Waals surface area contributed by atoms with E-state index in [1.807, 2.05) is 12.1 Å². The molecule has 0 aliphatic heterocycles. The Morgan fingerprint density at radius 2 is 1.30 bits per heavy atom. The average Bonchev–Trinajstić information content (AvgIpc) is 2.55. The van der Waals surface area contributed by atoms with E-state index in [1.54, 1.807) is 12.1 Å². The maximum Gasteiger partial charge on any atom is 0.260 e. The first-order valence-electron chi connectivity index (χ1n) is 7.95. The summed E-state index contributed by atoms with van der Waals surface area (Å²) in [7, 11) is 0. The van der Waals surface area contributed by atoms with Crippen LogP contribution < -0.4 is 4.74 Å². The van der Waals surface area contributed by atoms with Gasteiger partial charge in [0.05, 0.1) is 6.26 Å². The zero-order chi connectivity index (χ0) is 16.5. The molecule has 0 saturated carbocycles. The highest BCUT2D eigenvalue weighted by Crippen LogP contribution is 2.15. The van der Waals surface area contributed by atoms with Crippen LogP contribution in [-0.4, -0.2) is 6.43 Å². The van der Waals surface area contributed by atoms with Gasteiger partial charge in [-0.3, -0.25) is 0 Å². The smallest absolute Gasteiger partial charge is 0.260 e. The molecule has 0 aliphatic rings. The molecule has 3 heteroatoms. The van der Waals surface area contributed by atoms with Crippen LogP contribution in [0.4, 0.5) is 8.78 Å². The fourth-order valence-electron chi connectivity index (χ4n) is 2.36. The molecule has 2 rings (SSSR count). The van der Waals surface area contributed by atoms with E-state index < -0.39 is 6.43 Å². The van der Waals surface area contributed by atoms with Gasteiger partial charge in [0.15, 0.2) is 0 Å². The summed E-state index contributed by atoms with van der Waals surface area (Å²) in [5.74, 6) is 0.564. The average molecular weight is 316 g/mol. The normalized spacial score (nSPS) is 11.3. The van der Waals surface area contributed by atoms with Crippen molar-refractivity contribution in [2.75, 3.05) is 0 Å². The summed E-state index contributed by atoms with van der Waals surface area (Å²) in [5.41, 5.74) is 3.91. The van der Waals surface area contributed by atoms with Gasteiger partial charge in [-0.25, -0.2) is 8.78 Å². The van der Waals surface area contributed by atoms with Crippen LogP contribution in [0, 0.1) is 0 Å². The summed E-state index contributed by atoms with van der Waals surface area (Å²) < 4.78 is 29.0. The van der Waals surface area contributed by atoms with Gasteiger partial charge in [0.25, 0.3) is 6.43 Å². The number of halogens is 2. The first kappa shape index (κ1) is 17.2. The molecule has 2 aromatic carbocycles. The van der Waals surface area contributed by atoms with Crippen LogP contribution in [0.15, 0.2) is 60.9 Å². The van der Waals surface area contributed by atoms with Crippen molar-refractivity contribution in [3.05, 3.63) is 77.6 Å². The minimum absolute atomic E-state index is 0.564. The van der Waals surface area contributed by atoms with Gasteiger partial charge >= 0.3 is 0 Å². The fourth-order valence-corrected chi connectivity index (χ4v) is 2.36. The standard InChI is InChI=1S/C20H22F2O/c1-2-3-16-4-6-17(7-5-16)8-9-18-10-12-19(13-11-18)23-15-14-20(21)22/h4-7,10-15,20H,2-3,8-9H2,1H3/b15-14+. The van der Waals surface area contributed by atoms with Gasteiger partial charge in [0.1, 0.15) is 5.75 Å². The molecule has 0 unspecified atom stereocenters. The first-order valence-corrected chi connectivity index (χ1v) is 7.95. The third kappa shape index (κ3) is 6.23. The van der Waals surface area contributed by atoms with E-state index in [1.165, 1.54) is 23.1 Å². The van der Waals surface area contributed by atoms with E-state index >= 15 is 0 Å². The highest BCUT2D eigenvalue weighted by atomic mass is 19.3. The van der Waals surface area contributed by atoms with Gasteiger partial charge in [-0.15, -0.1) is 0 Å². The Morgan fingerprint density at radius 1 is 0.826 bits per heavy atom. The number of hydrogen-bond acceptors (Lipinski definition) is 1. The zero-order valence-electron chi connectivity index (χ0n) is 13.3. The van der Waals surface area contributed by atoms with E-state index in [0.717, 1.165) is 31.6 Å². The Morgan fingerprint density at radius 3 is 1.78 bits per heavy atom. The van der Waals surface area contributed by atoms with E-state index in [2.05, 4.69) is 31.2 Å². The summed E-state index contributed by atoms with van der Waals surface area (Å²) in [4.78, 5) is 0. The number of alkyl halides is 2. The molecule has 122 valence electrons. The van der Waals surface area contributed by atoms with Crippen molar-refractivity contribution >= 4 is 0 Å². The number of ether oxygens (including phenoxy) is 1. The van der Waals surface area contributed by atoms with Gasteiger partial charge in [-0.05, 0) is 48.1 Å². The third-order valence-electron chi connectivity index (χ3n) is 3.62. The summed E-state index contributed by atoms with van der Waals surface area (Å²) >= 11 is 0. The van der Waals surface area contributed by atoms with Crippen molar-refractivity contribution in [2.24, 2.45) is 0 Å². The van der Waals surface area contributed by atoms with Crippen LogP contribution in [0.2, 0.25) is 0 Å². The van der Waals surface area contributed by atoms with Gasteiger partial charge in [-0.1, -0.05) is 49.7 Å². The Hall–Kier alpha value is -2.16. The van der Waals surface area contributed by atoms with Crippen molar-refractivity contribution in [3.8, 4) is 5.75 Å². The Balaban J connectivity index is 1.83. The molecule has 0 aliphatic carbocycles. The lowest BCUT2D eigenvalue weighted by atomic mass is 10.0. The maximum absolute atomic E-state index is 12.0. The van der Waals surface area contributed by atoms with Crippen LogP contribution in [0.5, 0.6) is 5.75 Å². The van der Waals surface area contributed by atoms with Crippen molar-refractivity contribution < 1.29 is 13.5 Å². The van der Waals surface area contributed by atoms with E-state index in [9.17, 15) is 8.78 Å². The number of aryl methyl sites for hydroxylation is 3. The maximum atomic E-state index is 12.0. The van der Waals surface area contributed by atoms with Crippen molar-refractivity contribution in [3.63, 3.8) is 0 Å². The van der Waals surface area contributed by atoms with Crippen molar-refractivity contribution in [2.45, 2.75) is 39.0 Å². The lowest BCUT2D eigenvalue weighted by molar-refractivity contribution is 0.201. The summed E-state index contributed by atoms with van der Waals surface area (Å²) in [6.07, 6.45) is 3.48. The monoisotopic (exact) mass is 316 g/mol. The predicted octanol–water partition coefficient (Wildman–Crippen LogP) is 5.58. The molecule has 0 fully saturated rings. The molecule has 0 aromatic heterocycles. The molecule has 0 spiro atoms. The fraction of sp³-hybridized carbons (Fsp3) is 0.300. The Kier molecular flexibility index (Phi) is 6.79. The van der Waals surface area contributed by atoms with Gasteiger partial charge in [0.2, 0.25) is 0 Å². The van der Waals surface area contributed by atoms with Gasteiger partial charge in [0, 0.05) is 6.08 Å². The molecule has 0 radical (unpaired) electrons. The van der Waals surface area contributed by atoms with Gasteiger partial charge in [-0.2, -0.15) is 0 Å². The summed E-state index contributed by atoms with van der Waals surface area (Å²) in [6.45, 7) is 2.19. The molecule has 0 heterocycles. The third-order valence-corrected chi connectivity index (χ3v) is 3.62. The van der Waals surface area contributed by atoms with Crippen LogP contribution in [0.1, 0.15) is 30.0 Å². The number of allylic oxidation sites excluding steroid dienone is 1. The number of hydrogen-bond donors (Lipinski definition) is 0. The lowest BCUT2D eigenvalue weighted by Gasteiger charge is -2.05. The van der Waals surface area contributed by atoms with Crippen LogP contribution >= 0.6 is 0 Å². The van der Waals surface area contributed by atoms with Crippen molar-refractivity contribution in [1.82, 2.24) is 0 Å². The second-order valence-electron chi connectivity index (χ2n) is 5.49. The predicted molar refractivity (Wildman–Crippen MR) is 90.1 cm³/mol. The zero-order valence-corrected chi connectivity index (χ0v) is 13.3. The van der Waals surface area contributed by atoms with Gasteiger partial charge < -0.3 is 4.74 Å². The first-order chi connectivity index (χ1) is 11.2. The SMILES string of the molecule is CCCc1ccc(CCc2ccc(O/C=C/C(F)F)cc2)cc1. The molecule has 2 aromatic rings. The van der Waals surface area contributed by atoms with Crippen LogP contribution in [-0.2, 0) is 19.3 Å². The topological polar surface area (TPSA) is 9.23 Å². The Bertz CT molecular complexity index is 601. The molecule has 0 amide bonds. The van der Waals surface area contributed by atoms with E-state index in [0.29, 0.717) is 5.75 Å². The highest BCUT2D eigenvalue weighted by molar-refractivity contribution is 5.29. The summed E-state index contributed by atoms with van der Waals surface area (Å²) in [5, 5.41) is 0. The molecule has 1 nitrogen and oxygen atoms in total.